The van der Waals surface area contributed by atoms with Crippen LogP contribution in [0, 0.1) is 0 Å². The number of carbonyl (C=O) groups is 2. The van der Waals surface area contributed by atoms with Gasteiger partial charge in [0.25, 0.3) is 5.91 Å². The first-order valence-electron chi connectivity index (χ1n) is 9.03. The second-order valence-electron chi connectivity index (χ2n) is 6.56. The molecular formula is C21H18FN3O3S. The van der Waals surface area contributed by atoms with Crippen LogP contribution in [-0.2, 0) is 13.6 Å². The third-order valence-corrected chi connectivity index (χ3v) is 5.59. The number of allylic oxidation sites excluding steroid dienone is 4. The fraction of sp³-hybridized carbons (Fsp3) is 0.190. The Bertz CT molecular complexity index is 1110. The van der Waals surface area contributed by atoms with Crippen LogP contribution in [0.2, 0.25) is 0 Å². The third-order valence-electron chi connectivity index (χ3n) is 4.51. The van der Waals surface area contributed by atoms with Crippen LogP contribution in [0.5, 0.6) is 0 Å². The van der Waals surface area contributed by atoms with Gasteiger partial charge in [0.1, 0.15) is 11.9 Å². The van der Waals surface area contributed by atoms with Crippen LogP contribution in [0.15, 0.2) is 59.2 Å². The Morgan fingerprint density at radius 1 is 1.38 bits per heavy atom. The first-order valence-corrected chi connectivity index (χ1v) is 9.85. The van der Waals surface area contributed by atoms with Gasteiger partial charge >= 0.3 is 0 Å². The highest BCUT2D eigenvalue weighted by Gasteiger charge is 2.18. The molecule has 0 aromatic carbocycles. The van der Waals surface area contributed by atoms with Gasteiger partial charge in [-0.15, -0.1) is 11.3 Å². The number of alkyl halides is 1. The van der Waals surface area contributed by atoms with Crippen LogP contribution >= 0.6 is 11.3 Å². The Hall–Kier alpha value is -3.26. The highest BCUT2D eigenvalue weighted by atomic mass is 32.1. The number of hydrogen-bond donors (Lipinski definition) is 1. The monoisotopic (exact) mass is 411 g/mol. The molecule has 0 saturated heterocycles. The molecule has 1 unspecified atom stereocenters. The van der Waals surface area contributed by atoms with Crippen LogP contribution in [0.1, 0.15) is 42.9 Å². The molecule has 0 fully saturated rings. The minimum absolute atomic E-state index is 0.182. The Labute approximate surface area is 170 Å². The lowest BCUT2D eigenvalue weighted by molar-refractivity contribution is 0.0941. The van der Waals surface area contributed by atoms with Crippen LogP contribution in [0.3, 0.4) is 0 Å². The summed E-state index contributed by atoms with van der Waals surface area (Å²) in [5.41, 5.74) is 1.83. The second kappa shape index (κ2) is 8.00. The molecule has 1 amide bonds. The number of halogens is 1. The first kappa shape index (κ1) is 19.1. The minimum atomic E-state index is -0.972. The molecule has 3 heterocycles. The van der Waals surface area contributed by atoms with Gasteiger partial charge in [0.2, 0.25) is 5.78 Å². The number of aryl methyl sites for hydroxylation is 1. The highest BCUT2D eigenvalue weighted by Crippen LogP contribution is 2.23. The molecule has 29 heavy (non-hydrogen) atoms. The topological polar surface area (TPSA) is 77.1 Å². The van der Waals surface area contributed by atoms with E-state index in [0.29, 0.717) is 29.2 Å². The standard InChI is InChI=1S/C21H18FN3O3S/c1-25-17(11-16(24-25)13-4-6-14(22)7-5-13)21(27)23-12-15-8-9-19(29-15)20(26)18-3-2-10-28-18/h2-6,8-11,14H,7,12H2,1H3,(H,23,27). The number of carbonyl (C=O) groups excluding carboxylic acids is 2. The summed E-state index contributed by atoms with van der Waals surface area (Å²) in [5, 5.41) is 7.20. The van der Waals surface area contributed by atoms with Crippen molar-refractivity contribution in [2.45, 2.75) is 19.1 Å². The maximum Gasteiger partial charge on any atom is 0.269 e. The highest BCUT2D eigenvalue weighted by molar-refractivity contribution is 7.14. The number of ketones is 1. The van der Waals surface area contributed by atoms with E-state index in [4.69, 9.17) is 4.42 Å². The fourth-order valence-electron chi connectivity index (χ4n) is 2.99. The second-order valence-corrected chi connectivity index (χ2v) is 7.73. The van der Waals surface area contributed by atoms with Crippen molar-refractivity contribution in [3.63, 3.8) is 0 Å². The quantitative estimate of drug-likeness (QED) is 0.624. The predicted molar refractivity (Wildman–Crippen MR) is 107 cm³/mol. The molecular weight excluding hydrogens is 393 g/mol. The van der Waals surface area contributed by atoms with Crippen molar-refractivity contribution >= 4 is 28.6 Å². The average molecular weight is 411 g/mol. The van der Waals surface area contributed by atoms with Crippen LogP contribution in [-0.4, -0.2) is 27.6 Å². The van der Waals surface area contributed by atoms with Gasteiger partial charge < -0.3 is 9.73 Å². The lowest BCUT2D eigenvalue weighted by atomic mass is 10.0. The summed E-state index contributed by atoms with van der Waals surface area (Å²) < 4.78 is 19.9. The maximum atomic E-state index is 13.2. The number of rotatable bonds is 6. The molecule has 0 saturated carbocycles. The van der Waals surface area contributed by atoms with Gasteiger partial charge in [-0.05, 0) is 42.0 Å². The van der Waals surface area contributed by atoms with Crippen molar-refractivity contribution in [1.29, 1.82) is 0 Å². The van der Waals surface area contributed by atoms with Gasteiger partial charge in [0.05, 0.1) is 23.4 Å². The minimum Gasteiger partial charge on any atom is -0.461 e. The van der Waals surface area contributed by atoms with Crippen LogP contribution in [0.25, 0.3) is 5.57 Å². The lowest BCUT2D eigenvalue weighted by Crippen LogP contribution is -2.24. The van der Waals surface area contributed by atoms with Crippen molar-refractivity contribution in [1.82, 2.24) is 15.1 Å². The van der Waals surface area contributed by atoms with E-state index in [-0.39, 0.29) is 17.5 Å². The third kappa shape index (κ3) is 4.12. The molecule has 0 radical (unpaired) electrons. The predicted octanol–water partition coefficient (Wildman–Crippen LogP) is 3.92. The SMILES string of the molecule is Cn1nc(C2=CCC(F)C=C2)cc1C(=O)NCc1ccc(C(=O)c2ccco2)s1. The van der Waals surface area contributed by atoms with Crippen molar-refractivity contribution in [2.24, 2.45) is 7.05 Å². The zero-order valence-electron chi connectivity index (χ0n) is 15.6. The Kier molecular flexibility index (Phi) is 5.26. The molecule has 3 aromatic heterocycles. The van der Waals surface area contributed by atoms with Gasteiger partial charge in [-0.25, -0.2) is 4.39 Å². The number of thiophene rings is 1. The maximum absolute atomic E-state index is 13.2. The molecule has 1 atom stereocenters. The van der Waals surface area contributed by atoms with Gasteiger partial charge in [-0.1, -0.05) is 12.2 Å². The van der Waals surface area contributed by atoms with Gasteiger partial charge in [-0.2, -0.15) is 5.10 Å². The average Bonchev–Trinajstić information content (AvgIpc) is 3.47. The summed E-state index contributed by atoms with van der Waals surface area (Å²) >= 11 is 1.31. The zero-order chi connectivity index (χ0) is 20.4. The number of nitrogens with one attached hydrogen (secondary N) is 1. The normalized spacial score (nSPS) is 15.9. The fourth-order valence-corrected chi connectivity index (χ4v) is 3.88. The smallest absolute Gasteiger partial charge is 0.269 e. The Balaban J connectivity index is 1.41. The van der Waals surface area contributed by atoms with Gasteiger partial charge in [-0.3, -0.25) is 14.3 Å². The van der Waals surface area contributed by atoms with E-state index in [2.05, 4.69) is 10.4 Å². The molecule has 0 spiro atoms. The lowest BCUT2D eigenvalue weighted by Gasteiger charge is -2.06. The molecule has 3 aromatic rings. The molecule has 1 aliphatic carbocycles. The van der Waals surface area contributed by atoms with Crippen molar-refractivity contribution in [2.75, 3.05) is 0 Å². The number of aromatic nitrogens is 2. The molecule has 148 valence electrons. The van der Waals surface area contributed by atoms with E-state index in [1.165, 1.54) is 28.4 Å². The Morgan fingerprint density at radius 3 is 2.97 bits per heavy atom. The van der Waals surface area contributed by atoms with Crippen LogP contribution in [0.4, 0.5) is 4.39 Å². The van der Waals surface area contributed by atoms with E-state index in [0.717, 1.165) is 10.5 Å². The summed E-state index contributed by atoms with van der Waals surface area (Å²) in [7, 11) is 1.69. The van der Waals surface area contributed by atoms with Gasteiger partial charge in [0, 0.05) is 18.3 Å². The largest absolute Gasteiger partial charge is 0.461 e. The molecule has 6 nitrogen and oxygen atoms in total. The Morgan fingerprint density at radius 2 is 2.24 bits per heavy atom. The van der Waals surface area contributed by atoms with E-state index in [1.807, 2.05) is 0 Å². The molecule has 4 rings (SSSR count). The summed E-state index contributed by atoms with van der Waals surface area (Å²) in [4.78, 5) is 26.2. The number of nitrogens with zero attached hydrogens (tertiary/aromatic N) is 2. The number of amides is 1. The van der Waals surface area contributed by atoms with E-state index >= 15 is 0 Å². The van der Waals surface area contributed by atoms with Crippen LogP contribution < -0.4 is 5.32 Å². The molecule has 0 aliphatic heterocycles. The molecule has 1 N–H and O–H groups in total. The number of furan rings is 1. The van der Waals surface area contributed by atoms with Crippen molar-refractivity contribution in [3.8, 4) is 0 Å². The summed E-state index contributed by atoms with van der Waals surface area (Å²) in [6.45, 7) is 0.293. The number of hydrogen-bond acceptors (Lipinski definition) is 5. The van der Waals surface area contributed by atoms with Crippen molar-refractivity contribution < 1.29 is 18.4 Å². The van der Waals surface area contributed by atoms with E-state index in [1.54, 1.807) is 49.5 Å². The van der Waals surface area contributed by atoms with E-state index in [9.17, 15) is 14.0 Å². The van der Waals surface area contributed by atoms with Gasteiger partial charge in [0.15, 0.2) is 5.76 Å². The summed E-state index contributed by atoms with van der Waals surface area (Å²) in [5.74, 6) is -0.171. The molecule has 8 heteroatoms. The molecule has 0 bridgehead atoms. The summed E-state index contributed by atoms with van der Waals surface area (Å²) in [6.07, 6.45) is 5.74. The van der Waals surface area contributed by atoms with E-state index < -0.39 is 6.17 Å². The zero-order valence-corrected chi connectivity index (χ0v) is 16.4. The summed E-state index contributed by atoms with van der Waals surface area (Å²) in [6, 6.07) is 8.50. The first-order chi connectivity index (χ1) is 14.0. The molecule has 1 aliphatic rings. The van der Waals surface area contributed by atoms with Crippen molar-refractivity contribution in [3.05, 3.63) is 81.7 Å².